The molecule has 0 fully saturated rings. The number of aliphatic hydroxyl groups is 1. The Hall–Kier alpha value is -0.930. The average Bonchev–Trinajstić information content (AvgIpc) is 2.20. The second kappa shape index (κ2) is 4.29. The van der Waals surface area contributed by atoms with Gasteiger partial charge in [-0.05, 0) is 44.0 Å². The first-order chi connectivity index (χ1) is 6.89. The zero-order valence-electron chi connectivity index (χ0n) is 9.54. The average molecular weight is 212 g/mol. The summed E-state index contributed by atoms with van der Waals surface area (Å²) >= 11 is 0. The first-order valence-corrected chi connectivity index (χ1v) is 4.91. The molecule has 15 heavy (non-hydrogen) atoms. The largest absolute Gasteiger partial charge is 0.383 e. The monoisotopic (exact) mass is 212 g/mol. The highest BCUT2D eigenvalue weighted by atomic mass is 19.1. The highest BCUT2D eigenvalue weighted by Gasteiger charge is 2.32. The zero-order valence-corrected chi connectivity index (χ0v) is 9.54. The smallest absolute Gasteiger partial charge is 0.123 e. The molecule has 0 saturated heterocycles. The van der Waals surface area contributed by atoms with E-state index in [0.717, 1.165) is 5.56 Å². The van der Waals surface area contributed by atoms with Crippen molar-refractivity contribution in [1.82, 2.24) is 0 Å². The van der Waals surface area contributed by atoms with Crippen molar-refractivity contribution in [3.05, 3.63) is 35.1 Å². The van der Waals surface area contributed by atoms with Gasteiger partial charge >= 0.3 is 0 Å². The summed E-state index contributed by atoms with van der Waals surface area (Å²) in [6, 6.07) is 4.39. The topological polar surface area (TPSA) is 29.5 Å². The van der Waals surface area contributed by atoms with Crippen LogP contribution in [0.1, 0.15) is 25.0 Å². The summed E-state index contributed by atoms with van der Waals surface area (Å²) in [5, 5.41) is 10.3. The maximum absolute atomic E-state index is 13.1. The van der Waals surface area contributed by atoms with E-state index < -0.39 is 11.7 Å². The van der Waals surface area contributed by atoms with Crippen molar-refractivity contribution >= 4 is 0 Å². The van der Waals surface area contributed by atoms with Crippen LogP contribution >= 0.6 is 0 Å². The Labute approximate surface area is 89.7 Å². The molecule has 1 aromatic rings. The fourth-order valence-electron chi connectivity index (χ4n) is 1.59. The minimum atomic E-state index is -1.18. The number of methoxy groups -OCH3 is 1. The third kappa shape index (κ3) is 2.36. The molecule has 0 spiro atoms. The van der Waals surface area contributed by atoms with Gasteiger partial charge in [-0.1, -0.05) is 6.07 Å². The van der Waals surface area contributed by atoms with Crippen LogP contribution in [0.2, 0.25) is 0 Å². The van der Waals surface area contributed by atoms with Crippen molar-refractivity contribution in [3.63, 3.8) is 0 Å². The summed E-state index contributed by atoms with van der Waals surface area (Å²) in [6.45, 7) is 5.22. The summed E-state index contributed by atoms with van der Waals surface area (Å²) in [5.41, 5.74) is 0.239. The molecule has 1 rings (SSSR count). The van der Waals surface area contributed by atoms with E-state index in [1.54, 1.807) is 19.9 Å². The van der Waals surface area contributed by atoms with Gasteiger partial charge in [0.05, 0.1) is 6.10 Å². The molecular weight excluding hydrogens is 195 g/mol. The normalized spacial score (nSPS) is 17.2. The van der Waals surface area contributed by atoms with E-state index in [2.05, 4.69) is 0 Å². The van der Waals surface area contributed by atoms with Crippen LogP contribution in [-0.4, -0.2) is 18.3 Å². The van der Waals surface area contributed by atoms with E-state index in [9.17, 15) is 9.50 Å². The summed E-state index contributed by atoms with van der Waals surface area (Å²) in [7, 11) is 1.52. The molecule has 1 N–H and O–H groups in total. The van der Waals surface area contributed by atoms with Crippen LogP contribution < -0.4 is 0 Å². The Bertz CT molecular complexity index is 347. The van der Waals surface area contributed by atoms with Crippen LogP contribution in [0, 0.1) is 12.7 Å². The van der Waals surface area contributed by atoms with E-state index in [1.165, 1.54) is 19.2 Å². The summed E-state index contributed by atoms with van der Waals surface area (Å²) in [4.78, 5) is 0. The predicted octanol–water partition coefficient (Wildman–Crippen LogP) is 2.38. The molecule has 0 bridgehead atoms. The number of hydrogen-bond donors (Lipinski definition) is 1. The third-order valence-electron chi connectivity index (χ3n) is 2.89. The highest BCUT2D eigenvalue weighted by Crippen LogP contribution is 2.29. The molecule has 2 atom stereocenters. The van der Waals surface area contributed by atoms with E-state index in [-0.39, 0.29) is 5.82 Å². The van der Waals surface area contributed by atoms with E-state index >= 15 is 0 Å². The molecule has 0 heterocycles. The van der Waals surface area contributed by atoms with Crippen LogP contribution in [0.5, 0.6) is 0 Å². The molecule has 2 unspecified atom stereocenters. The highest BCUT2D eigenvalue weighted by molar-refractivity contribution is 5.32. The molecule has 0 amide bonds. The van der Waals surface area contributed by atoms with Gasteiger partial charge in [0.25, 0.3) is 0 Å². The van der Waals surface area contributed by atoms with Crippen molar-refractivity contribution in [2.75, 3.05) is 7.11 Å². The maximum Gasteiger partial charge on any atom is 0.123 e. The Kier molecular flexibility index (Phi) is 3.47. The van der Waals surface area contributed by atoms with Crippen molar-refractivity contribution in [1.29, 1.82) is 0 Å². The summed E-state index contributed by atoms with van der Waals surface area (Å²) < 4.78 is 18.2. The van der Waals surface area contributed by atoms with E-state index in [4.69, 9.17) is 4.74 Å². The molecular formula is C12H17FO2. The van der Waals surface area contributed by atoms with Crippen LogP contribution in [-0.2, 0) is 10.3 Å². The molecule has 0 saturated carbocycles. The molecule has 2 nitrogen and oxygen atoms in total. The second-order valence-electron chi connectivity index (χ2n) is 3.98. The fraction of sp³-hybridized carbons (Fsp3) is 0.500. The van der Waals surface area contributed by atoms with Crippen molar-refractivity contribution in [3.8, 4) is 0 Å². The lowest BCUT2D eigenvalue weighted by Gasteiger charge is -2.31. The zero-order chi connectivity index (χ0) is 11.6. The van der Waals surface area contributed by atoms with Crippen LogP contribution in [0.15, 0.2) is 18.2 Å². The van der Waals surface area contributed by atoms with Gasteiger partial charge in [-0.2, -0.15) is 0 Å². The molecule has 3 heteroatoms. The number of rotatable bonds is 3. The first kappa shape index (κ1) is 12.1. The Balaban J connectivity index is 3.19. The van der Waals surface area contributed by atoms with Gasteiger partial charge in [-0.25, -0.2) is 4.39 Å². The third-order valence-corrected chi connectivity index (χ3v) is 2.89. The van der Waals surface area contributed by atoms with E-state index in [1.807, 2.05) is 6.92 Å². The van der Waals surface area contributed by atoms with Crippen LogP contribution in [0.3, 0.4) is 0 Å². The maximum atomic E-state index is 13.1. The molecule has 0 aromatic heterocycles. The number of hydrogen-bond acceptors (Lipinski definition) is 2. The Morgan fingerprint density at radius 3 is 2.60 bits per heavy atom. The van der Waals surface area contributed by atoms with Gasteiger partial charge in [0.1, 0.15) is 11.4 Å². The molecule has 0 aliphatic carbocycles. The minimum Gasteiger partial charge on any atom is -0.383 e. The molecule has 84 valence electrons. The first-order valence-electron chi connectivity index (χ1n) is 4.91. The van der Waals surface area contributed by atoms with Gasteiger partial charge in [0.15, 0.2) is 0 Å². The lowest BCUT2D eigenvalue weighted by Crippen LogP contribution is -2.36. The van der Waals surface area contributed by atoms with Gasteiger partial charge in [0, 0.05) is 7.11 Å². The predicted molar refractivity (Wildman–Crippen MR) is 57.2 cm³/mol. The second-order valence-corrected chi connectivity index (χ2v) is 3.98. The van der Waals surface area contributed by atoms with Crippen LogP contribution in [0.25, 0.3) is 0 Å². The van der Waals surface area contributed by atoms with Gasteiger partial charge in [-0.3, -0.25) is 0 Å². The number of aryl methyl sites for hydroxylation is 1. The van der Waals surface area contributed by atoms with Gasteiger partial charge < -0.3 is 9.84 Å². The SMILES string of the molecule is COC(C)C(C)(O)c1cc(F)ccc1C. The lowest BCUT2D eigenvalue weighted by molar-refractivity contribution is -0.0776. The standard InChI is InChI=1S/C12H17FO2/c1-8-5-6-10(13)7-11(8)12(3,14)9(2)15-4/h5-7,9,14H,1-4H3. The fourth-order valence-corrected chi connectivity index (χ4v) is 1.59. The number of benzene rings is 1. The van der Waals surface area contributed by atoms with Crippen molar-refractivity contribution in [2.24, 2.45) is 0 Å². The minimum absolute atomic E-state index is 0.348. The molecule has 0 aliphatic heterocycles. The lowest BCUT2D eigenvalue weighted by atomic mass is 9.87. The molecule has 0 aliphatic rings. The Morgan fingerprint density at radius 2 is 2.07 bits per heavy atom. The van der Waals surface area contributed by atoms with Gasteiger partial charge in [-0.15, -0.1) is 0 Å². The van der Waals surface area contributed by atoms with E-state index in [0.29, 0.717) is 5.56 Å². The quantitative estimate of drug-likeness (QED) is 0.833. The number of ether oxygens (including phenoxy) is 1. The number of halogens is 1. The van der Waals surface area contributed by atoms with Gasteiger partial charge in [0.2, 0.25) is 0 Å². The van der Waals surface area contributed by atoms with Crippen LogP contribution in [0.4, 0.5) is 4.39 Å². The van der Waals surface area contributed by atoms with Crippen molar-refractivity contribution < 1.29 is 14.2 Å². The van der Waals surface area contributed by atoms with Crippen molar-refractivity contribution in [2.45, 2.75) is 32.5 Å². The summed E-state index contributed by atoms with van der Waals surface area (Å²) in [5.74, 6) is -0.348. The molecule has 0 radical (unpaired) electrons. The molecule has 1 aromatic carbocycles. The summed E-state index contributed by atoms with van der Waals surface area (Å²) in [6.07, 6.45) is -0.391. The Morgan fingerprint density at radius 1 is 1.47 bits per heavy atom.